The van der Waals surface area contributed by atoms with E-state index in [0.717, 1.165) is 39.3 Å². The van der Waals surface area contributed by atoms with E-state index >= 15 is 0 Å². The van der Waals surface area contributed by atoms with Crippen LogP contribution in [0.25, 0.3) is 0 Å². The Morgan fingerprint density at radius 1 is 0.886 bits per heavy atom. The third-order valence-electron chi connectivity index (χ3n) is 11.5. The Hall–Kier alpha value is -3.15. The quantitative estimate of drug-likeness (QED) is 0.319. The van der Waals surface area contributed by atoms with E-state index in [1.807, 2.05) is 12.1 Å². The number of amides is 1. The largest absolute Gasteiger partial charge is 0.371 e. The fourth-order valence-electron chi connectivity index (χ4n) is 8.96. The summed E-state index contributed by atoms with van der Waals surface area (Å²) in [7, 11) is 0. The number of rotatable bonds is 7. The first-order chi connectivity index (χ1) is 21.4. The zero-order valence-electron chi connectivity index (χ0n) is 26.8. The first-order valence-electron chi connectivity index (χ1n) is 17.2. The highest BCUT2D eigenvalue weighted by Crippen LogP contribution is 2.53. The van der Waals surface area contributed by atoms with E-state index in [0.29, 0.717) is 29.0 Å². The Balaban J connectivity index is 1.05. The summed E-state index contributed by atoms with van der Waals surface area (Å²) in [4.78, 5) is 19.7. The minimum absolute atomic E-state index is 0.358. The number of carbonyl (C=O) groups is 1. The van der Waals surface area contributed by atoms with Gasteiger partial charge in [0.2, 0.25) is 5.91 Å². The number of benzene rings is 3. The molecule has 232 valence electrons. The number of carbonyl (C=O) groups excluding carboxylic acids is 1. The highest BCUT2D eigenvalue weighted by atomic mass is 16.1. The van der Waals surface area contributed by atoms with Crippen molar-refractivity contribution in [2.75, 3.05) is 37.6 Å². The van der Waals surface area contributed by atoms with E-state index in [1.165, 1.54) is 62.6 Å². The fourth-order valence-corrected chi connectivity index (χ4v) is 8.96. The van der Waals surface area contributed by atoms with Crippen LogP contribution in [-0.2, 0) is 19.4 Å². The molecule has 5 nitrogen and oxygen atoms in total. The van der Waals surface area contributed by atoms with E-state index in [1.54, 1.807) is 22.3 Å². The van der Waals surface area contributed by atoms with Crippen molar-refractivity contribution in [1.29, 1.82) is 0 Å². The van der Waals surface area contributed by atoms with E-state index in [4.69, 9.17) is 5.73 Å². The van der Waals surface area contributed by atoms with Crippen molar-refractivity contribution in [2.24, 2.45) is 11.1 Å². The molecule has 1 saturated carbocycles. The summed E-state index contributed by atoms with van der Waals surface area (Å²) in [5.74, 6) is 0.169. The van der Waals surface area contributed by atoms with Gasteiger partial charge < -0.3 is 10.6 Å². The summed E-state index contributed by atoms with van der Waals surface area (Å²) in [6.45, 7) is 11.4. The van der Waals surface area contributed by atoms with Gasteiger partial charge in [-0.1, -0.05) is 56.3 Å². The van der Waals surface area contributed by atoms with Crippen LogP contribution in [0.2, 0.25) is 0 Å². The molecular formula is C39H50N4O. The van der Waals surface area contributed by atoms with Crippen molar-refractivity contribution in [3.8, 4) is 0 Å². The number of nitrogens with two attached hydrogens (primary N) is 1. The van der Waals surface area contributed by atoms with E-state index < -0.39 is 0 Å². The molecule has 2 N–H and O–H groups in total. The predicted octanol–water partition coefficient (Wildman–Crippen LogP) is 7.10. The van der Waals surface area contributed by atoms with Crippen molar-refractivity contribution < 1.29 is 4.79 Å². The van der Waals surface area contributed by atoms with Crippen molar-refractivity contribution in [3.05, 3.63) is 100 Å². The summed E-state index contributed by atoms with van der Waals surface area (Å²) in [5, 5.41) is 0. The number of fused-ring (bicyclic) bond motifs is 1. The minimum Gasteiger partial charge on any atom is -0.371 e. The lowest BCUT2D eigenvalue weighted by Gasteiger charge is -2.58. The van der Waals surface area contributed by atoms with Crippen LogP contribution in [0.4, 0.5) is 5.69 Å². The maximum atomic E-state index is 11.5. The third-order valence-corrected chi connectivity index (χ3v) is 11.5. The van der Waals surface area contributed by atoms with Crippen molar-refractivity contribution >= 4 is 11.6 Å². The molecule has 2 heterocycles. The average molecular weight is 591 g/mol. The molecule has 2 aliphatic carbocycles. The first-order valence-corrected chi connectivity index (χ1v) is 17.2. The van der Waals surface area contributed by atoms with Gasteiger partial charge in [0.15, 0.2) is 0 Å². The zero-order chi connectivity index (χ0) is 30.3. The van der Waals surface area contributed by atoms with Crippen LogP contribution in [0.15, 0.2) is 66.7 Å². The Labute approximate surface area is 264 Å². The molecular weight excluding hydrogens is 540 g/mol. The second-order valence-electron chi connectivity index (χ2n) is 14.5. The van der Waals surface area contributed by atoms with Gasteiger partial charge in [0.05, 0.1) is 0 Å². The first kappa shape index (κ1) is 29.6. The molecule has 44 heavy (non-hydrogen) atoms. The second-order valence-corrected chi connectivity index (χ2v) is 14.5. The average Bonchev–Trinajstić information content (AvgIpc) is 3.04. The SMILES string of the molecule is CC(C)c1ccccc1C1CN(Cc2cccc3c2CCCC3)CCN1C1CC2(CCN(c3ccc(C(N)=O)cc3)CC2)C1. The van der Waals surface area contributed by atoms with Gasteiger partial charge in [-0.2, -0.15) is 0 Å². The molecule has 0 radical (unpaired) electrons. The molecule has 3 aromatic rings. The number of piperazine rings is 1. The lowest BCUT2D eigenvalue weighted by atomic mass is 9.59. The molecule has 3 fully saturated rings. The Kier molecular flexibility index (Phi) is 8.28. The van der Waals surface area contributed by atoms with Crippen molar-refractivity contribution in [2.45, 2.75) is 89.8 Å². The number of piperidine rings is 1. The summed E-state index contributed by atoms with van der Waals surface area (Å²) in [6, 6.07) is 25.3. The van der Waals surface area contributed by atoms with Crippen LogP contribution >= 0.6 is 0 Å². The normalized spacial score (nSPS) is 22.6. The molecule has 0 aromatic heterocycles. The highest BCUT2D eigenvalue weighted by molar-refractivity contribution is 5.93. The predicted molar refractivity (Wildman–Crippen MR) is 180 cm³/mol. The lowest BCUT2D eigenvalue weighted by molar-refractivity contribution is -0.0628. The summed E-state index contributed by atoms with van der Waals surface area (Å²) >= 11 is 0. The van der Waals surface area contributed by atoms with Gasteiger partial charge in [0.1, 0.15) is 0 Å². The minimum atomic E-state index is -0.358. The monoisotopic (exact) mass is 590 g/mol. The molecule has 1 amide bonds. The number of aryl methyl sites for hydroxylation is 1. The fraction of sp³-hybridized carbons (Fsp3) is 0.513. The van der Waals surface area contributed by atoms with Crippen LogP contribution in [0.1, 0.15) is 103 Å². The zero-order valence-corrected chi connectivity index (χ0v) is 26.8. The van der Waals surface area contributed by atoms with E-state index in [9.17, 15) is 4.79 Å². The maximum Gasteiger partial charge on any atom is 0.248 e. The number of nitrogens with zero attached hydrogens (tertiary/aromatic N) is 3. The van der Waals surface area contributed by atoms with Crippen LogP contribution in [-0.4, -0.2) is 54.5 Å². The van der Waals surface area contributed by atoms with E-state index in [2.05, 4.69) is 83.1 Å². The molecule has 0 bridgehead atoms. The van der Waals surface area contributed by atoms with Gasteiger partial charge in [0, 0.05) is 62.6 Å². The summed E-state index contributed by atoms with van der Waals surface area (Å²) < 4.78 is 0. The van der Waals surface area contributed by atoms with Gasteiger partial charge in [0.25, 0.3) is 0 Å². The summed E-state index contributed by atoms with van der Waals surface area (Å²) in [6.07, 6.45) is 10.4. The Morgan fingerprint density at radius 3 is 2.39 bits per heavy atom. The molecule has 4 aliphatic rings. The van der Waals surface area contributed by atoms with Gasteiger partial charge in [-0.25, -0.2) is 0 Å². The number of anilines is 1. The van der Waals surface area contributed by atoms with Crippen LogP contribution < -0.4 is 10.6 Å². The van der Waals surface area contributed by atoms with E-state index in [-0.39, 0.29) is 5.91 Å². The van der Waals surface area contributed by atoms with Gasteiger partial charge in [-0.15, -0.1) is 0 Å². The Bertz CT molecular complexity index is 1460. The second kappa shape index (κ2) is 12.3. The highest BCUT2D eigenvalue weighted by Gasteiger charge is 2.50. The third kappa shape index (κ3) is 5.81. The van der Waals surface area contributed by atoms with Gasteiger partial charge in [-0.05, 0) is 115 Å². The molecule has 2 aliphatic heterocycles. The van der Waals surface area contributed by atoms with Gasteiger partial charge >= 0.3 is 0 Å². The molecule has 1 unspecified atom stereocenters. The maximum absolute atomic E-state index is 11.5. The molecule has 2 saturated heterocycles. The summed E-state index contributed by atoms with van der Waals surface area (Å²) in [5.41, 5.74) is 15.6. The van der Waals surface area contributed by atoms with Crippen molar-refractivity contribution in [1.82, 2.24) is 9.80 Å². The Morgan fingerprint density at radius 2 is 1.64 bits per heavy atom. The van der Waals surface area contributed by atoms with Crippen molar-refractivity contribution in [3.63, 3.8) is 0 Å². The van der Waals surface area contributed by atoms with Crippen LogP contribution in [0, 0.1) is 5.41 Å². The van der Waals surface area contributed by atoms with Gasteiger partial charge in [-0.3, -0.25) is 14.6 Å². The van der Waals surface area contributed by atoms with Crippen LogP contribution in [0.3, 0.4) is 0 Å². The lowest BCUT2D eigenvalue weighted by Crippen LogP contribution is -2.60. The van der Waals surface area contributed by atoms with Crippen LogP contribution in [0.5, 0.6) is 0 Å². The molecule has 7 rings (SSSR count). The standard InChI is InChI=1S/C39H50N4O/c1-28(2)34-11-5-6-13-36(34)37-27-41(26-31-10-7-9-29-8-3-4-12-35(29)31)22-23-43(37)33-24-39(25-33)18-20-42(21-19-39)32-16-14-30(15-17-32)38(40)44/h5-7,9-11,13-17,28,33,37H,3-4,8,12,18-27H2,1-2H3,(H2,40,44). The molecule has 3 aromatic carbocycles. The smallest absolute Gasteiger partial charge is 0.248 e. The molecule has 1 atom stereocenters. The molecule has 1 spiro atoms. The number of primary amides is 1. The number of hydrogen-bond acceptors (Lipinski definition) is 4. The molecule has 5 heteroatoms. The number of hydrogen-bond donors (Lipinski definition) is 1. The topological polar surface area (TPSA) is 52.8 Å².